The zero-order valence-electron chi connectivity index (χ0n) is 9.66. The van der Waals surface area contributed by atoms with Crippen LogP contribution >= 0.6 is 0 Å². The SMILES string of the molecule is CCC(CC)C(C)N1CC(=O)OC(=O)C1. The average molecular weight is 213 g/mol. The van der Waals surface area contributed by atoms with Crippen molar-refractivity contribution in [2.24, 2.45) is 5.92 Å². The van der Waals surface area contributed by atoms with Gasteiger partial charge in [-0.1, -0.05) is 26.7 Å². The topological polar surface area (TPSA) is 46.6 Å². The van der Waals surface area contributed by atoms with Crippen LogP contribution in [0.5, 0.6) is 0 Å². The van der Waals surface area contributed by atoms with Gasteiger partial charge in [0, 0.05) is 6.04 Å². The summed E-state index contributed by atoms with van der Waals surface area (Å²) >= 11 is 0. The molecule has 1 saturated heterocycles. The van der Waals surface area contributed by atoms with Crippen LogP contribution in [-0.2, 0) is 14.3 Å². The zero-order valence-corrected chi connectivity index (χ0v) is 9.66. The molecule has 1 heterocycles. The Morgan fingerprint density at radius 2 is 1.67 bits per heavy atom. The van der Waals surface area contributed by atoms with Crippen LogP contribution in [-0.4, -0.2) is 36.0 Å². The molecule has 0 radical (unpaired) electrons. The summed E-state index contributed by atoms with van der Waals surface area (Å²) in [7, 11) is 0. The van der Waals surface area contributed by atoms with E-state index in [2.05, 4.69) is 25.5 Å². The van der Waals surface area contributed by atoms with Crippen molar-refractivity contribution in [2.45, 2.75) is 39.7 Å². The third kappa shape index (κ3) is 3.02. The molecule has 15 heavy (non-hydrogen) atoms. The molecule has 1 rings (SSSR count). The number of morpholine rings is 1. The van der Waals surface area contributed by atoms with Gasteiger partial charge >= 0.3 is 11.9 Å². The highest BCUT2D eigenvalue weighted by atomic mass is 16.6. The molecule has 4 heteroatoms. The molecular formula is C11H19NO3. The van der Waals surface area contributed by atoms with Crippen molar-refractivity contribution in [2.75, 3.05) is 13.1 Å². The summed E-state index contributed by atoms with van der Waals surface area (Å²) in [6.07, 6.45) is 2.13. The van der Waals surface area contributed by atoms with Crippen LogP contribution in [0.4, 0.5) is 0 Å². The number of cyclic esters (lactones) is 2. The lowest BCUT2D eigenvalue weighted by atomic mass is 9.94. The summed E-state index contributed by atoms with van der Waals surface area (Å²) in [5, 5.41) is 0. The molecule has 86 valence electrons. The van der Waals surface area contributed by atoms with Crippen LogP contribution in [0, 0.1) is 5.92 Å². The number of hydrogen-bond donors (Lipinski definition) is 0. The molecule has 1 atom stereocenters. The molecule has 0 aromatic carbocycles. The molecule has 0 N–H and O–H groups in total. The number of carbonyl (C=O) groups is 2. The fraction of sp³-hybridized carbons (Fsp3) is 0.818. The van der Waals surface area contributed by atoms with Gasteiger partial charge in [0.1, 0.15) is 0 Å². The van der Waals surface area contributed by atoms with E-state index in [-0.39, 0.29) is 19.1 Å². The van der Waals surface area contributed by atoms with E-state index in [0.717, 1.165) is 12.8 Å². The summed E-state index contributed by atoms with van der Waals surface area (Å²) in [6, 6.07) is 0.261. The highest BCUT2D eigenvalue weighted by molar-refractivity contribution is 5.90. The first-order chi connectivity index (χ1) is 7.08. The van der Waals surface area contributed by atoms with Crippen LogP contribution in [0.1, 0.15) is 33.6 Å². The quantitative estimate of drug-likeness (QED) is 0.520. The molecule has 0 aromatic rings. The highest BCUT2D eigenvalue weighted by Gasteiger charge is 2.30. The number of ether oxygens (including phenoxy) is 1. The molecule has 1 aliphatic heterocycles. The third-order valence-electron chi connectivity index (χ3n) is 3.20. The Balaban J connectivity index is 2.61. The molecular weight excluding hydrogens is 194 g/mol. The fourth-order valence-corrected chi connectivity index (χ4v) is 2.14. The molecule has 0 amide bonds. The van der Waals surface area contributed by atoms with Crippen LogP contribution < -0.4 is 0 Å². The van der Waals surface area contributed by atoms with E-state index in [9.17, 15) is 9.59 Å². The Kier molecular flexibility index (Phi) is 4.27. The van der Waals surface area contributed by atoms with E-state index in [1.165, 1.54) is 0 Å². The Bertz CT molecular complexity index is 232. The number of rotatable bonds is 4. The van der Waals surface area contributed by atoms with E-state index in [0.29, 0.717) is 5.92 Å². The predicted molar refractivity (Wildman–Crippen MR) is 56.2 cm³/mol. The van der Waals surface area contributed by atoms with Gasteiger partial charge in [0.25, 0.3) is 0 Å². The van der Waals surface area contributed by atoms with E-state index in [1.807, 2.05) is 4.90 Å². The molecule has 0 saturated carbocycles. The van der Waals surface area contributed by atoms with Crippen LogP contribution in [0.3, 0.4) is 0 Å². The Morgan fingerprint density at radius 3 is 2.07 bits per heavy atom. The normalized spacial score (nSPS) is 20.5. The lowest BCUT2D eigenvalue weighted by Crippen LogP contribution is -2.49. The van der Waals surface area contributed by atoms with Gasteiger partial charge < -0.3 is 4.74 Å². The van der Waals surface area contributed by atoms with Crippen molar-refractivity contribution in [1.29, 1.82) is 0 Å². The monoisotopic (exact) mass is 213 g/mol. The molecule has 0 spiro atoms. The van der Waals surface area contributed by atoms with Gasteiger partial charge in [-0.2, -0.15) is 0 Å². The van der Waals surface area contributed by atoms with Crippen LogP contribution in [0.25, 0.3) is 0 Å². The lowest BCUT2D eigenvalue weighted by molar-refractivity contribution is -0.168. The van der Waals surface area contributed by atoms with Gasteiger partial charge in [0.05, 0.1) is 13.1 Å². The van der Waals surface area contributed by atoms with E-state index >= 15 is 0 Å². The van der Waals surface area contributed by atoms with Crippen LogP contribution in [0.15, 0.2) is 0 Å². The van der Waals surface area contributed by atoms with Gasteiger partial charge in [-0.15, -0.1) is 0 Å². The summed E-state index contributed by atoms with van der Waals surface area (Å²) in [6.45, 7) is 6.82. The maximum atomic E-state index is 11.1. The zero-order chi connectivity index (χ0) is 11.4. The van der Waals surface area contributed by atoms with Crippen molar-refractivity contribution in [3.8, 4) is 0 Å². The molecule has 0 aromatic heterocycles. The van der Waals surface area contributed by atoms with Crippen molar-refractivity contribution in [3.63, 3.8) is 0 Å². The van der Waals surface area contributed by atoms with Crippen molar-refractivity contribution < 1.29 is 14.3 Å². The minimum atomic E-state index is -0.427. The standard InChI is InChI=1S/C11H19NO3/c1-4-9(5-2)8(3)12-6-10(13)15-11(14)7-12/h8-9H,4-7H2,1-3H3. The summed E-state index contributed by atoms with van der Waals surface area (Å²) in [4.78, 5) is 24.1. The van der Waals surface area contributed by atoms with E-state index < -0.39 is 11.9 Å². The summed E-state index contributed by atoms with van der Waals surface area (Å²) in [5.74, 6) is -0.322. The largest absolute Gasteiger partial charge is 0.391 e. The third-order valence-corrected chi connectivity index (χ3v) is 3.20. The Hall–Kier alpha value is -0.900. The second-order valence-electron chi connectivity index (χ2n) is 4.07. The fourth-order valence-electron chi connectivity index (χ4n) is 2.14. The summed E-state index contributed by atoms with van der Waals surface area (Å²) < 4.78 is 4.49. The van der Waals surface area contributed by atoms with Gasteiger partial charge in [-0.05, 0) is 12.8 Å². The maximum absolute atomic E-state index is 11.1. The first-order valence-electron chi connectivity index (χ1n) is 5.56. The number of hydrogen-bond acceptors (Lipinski definition) is 4. The van der Waals surface area contributed by atoms with Crippen molar-refractivity contribution in [3.05, 3.63) is 0 Å². The van der Waals surface area contributed by atoms with Crippen LogP contribution in [0.2, 0.25) is 0 Å². The number of nitrogens with zero attached hydrogens (tertiary/aromatic N) is 1. The molecule has 1 unspecified atom stereocenters. The minimum absolute atomic E-state index is 0.239. The van der Waals surface area contributed by atoms with Gasteiger partial charge in [0.15, 0.2) is 0 Å². The highest BCUT2D eigenvalue weighted by Crippen LogP contribution is 2.19. The molecule has 4 nitrogen and oxygen atoms in total. The average Bonchev–Trinajstić information content (AvgIpc) is 2.18. The Labute approximate surface area is 90.6 Å². The first kappa shape index (κ1) is 12.2. The molecule has 1 fully saturated rings. The summed E-state index contributed by atoms with van der Waals surface area (Å²) in [5.41, 5.74) is 0. The number of carbonyl (C=O) groups excluding carboxylic acids is 2. The maximum Gasteiger partial charge on any atom is 0.327 e. The second-order valence-corrected chi connectivity index (χ2v) is 4.07. The van der Waals surface area contributed by atoms with Crippen molar-refractivity contribution >= 4 is 11.9 Å². The molecule has 1 aliphatic rings. The van der Waals surface area contributed by atoms with E-state index in [1.54, 1.807) is 0 Å². The first-order valence-corrected chi connectivity index (χ1v) is 5.56. The van der Waals surface area contributed by atoms with Gasteiger partial charge in [-0.25, -0.2) is 0 Å². The smallest absolute Gasteiger partial charge is 0.327 e. The number of esters is 2. The van der Waals surface area contributed by atoms with Gasteiger partial charge in [-0.3, -0.25) is 14.5 Å². The van der Waals surface area contributed by atoms with Gasteiger partial charge in [0.2, 0.25) is 0 Å². The predicted octanol–water partition coefficient (Wildman–Crippen LogP) is 1.20. The second kappa shape index (κ2) is 5.26. The lowest BCUT2D eigenvalue weighted by Gasteiger charge is -2.34. The minimum Gasteiger partial charge on any atom is -0.391 e. The molecule has 0 bridgehead atoms. The van der Waals surface area contributed by atoms with Crippen molar-refractivity contribution in [1.82, 2.24) is 4.90 Å². The van der Waals surface area contributed by atoms with E-state index in [4.69, 9.17) is 0 Å². The molecule has 0 aliphatic carbocycles. The Morgan fingerprint density at radius 1 is 1.20 bits per heavy atom.